The first-order valence-corrected chi connectivity index (χ1v) is 7.64. The van der Waals surface area contributed by atoms with Gasteiger partial charge in [-0.05, 0) is 30.1 Å². The summed E-state index contributed by atoms with van der Waals surface area (Å²) in [6.45, 7) is 2.06. The predicted octanol–water partition coefficient (Wildman–Crippen LogP) is 0.545. The number of benzene rings is 1. The zero-order valence-corrected chi connectivity index (χ0v) is 11.9. The van der Waals surface area contributed by atoms with E-state index in [0.29, 0.717) is 19.2 Å². The number of hydrogen-bond donors (Lipinski definition) is 1. The highest BCUT2D eigenvalue weighted by atomic mass is 16.5. The van der Waals surface area contributed by atoms with Crippen molar-refractivity contribution in [2.75, 3.05) is 19.8 Å². The van der Waals surface area contributed by atoms with Crippen molar-refractivity contribution in [3.63, 3.8) is 0 Å². The van der Waals surface area contributed by atoms with Gasteiger partial charge in [0.2, 0.25) is 0 Å². The zero-order valence-electron chi connectivity index (χ0n) is 11.9. The summed E-state index contributed by atoms with van der Waals surface area (Å²) in [5, 5.41) is 11.9. The van der Waals surface area contributed by atoms with E-state index in [1.54, 1.807) is 0 Å². The summed E-state index contributed by atoms with van der Waals surface area (Å²) >= 11 is 0. The van der Waals surface area contributed by atoms with Gasteiger partial charge in [-0.3, -0.25) is 4.79 Å². The molecule has 1 aromatic rings. The third-order valence-corrected chi connectivity index (χ3v) is 5.00. The highest BCUT2D eigenvalue weighted by Crippen LogP contribution is 2.33. The number of carboxylic acid groups (broad SMARTS) is 1. The second-order valence-corrected chi connectivity index (χ2v) is 6.10. The van der Waals surface area contributed by atoms with Crippen LogP contribution in [0.25, 0.3) is 11.3 Å². The minimum atomic E-state index is -0.665. The van der Waals surface area contributed by atoms with Crippen molar-refractivity contribution in [3.05, 3.63) is 34.7 Å². The first-order valence-electron chi connectivity index (χ1n) is 7.64. The van der Waals surface area contributed by atoms with Crippen LogP contribution < -0.4 is 10.4 Å². The quantitative estimate of drug-likeness (QED) is 0.818. The minimum Gasteiger partial charge on any atom is -0.481 e. The molecule has 3 heterocycles. The van der Waals surface area contributed by atoms with Crippen LogP contribution in [0.5, 0.6) is 0 Å². The number of ether oxygens (including phenoxy) is 1. The maximum atomic E-state index is 11.4. The molecule has 2 atom stereocenters. The smallest absolute Gasteiger partial charge is 0.308 e. The fraction of sp³-hybridized carbons (Fsp3) is 0.471. The highest BCUT2D eigenvalue weighted by molar-refractivity contribution is 5.72. The van der Waals surface area contributed by atoms with Gasteiger partial charge in [0.05, 0.1) is 18.6 Å². The van der Waals surface area contributed by atoms with Crippen molar-refractivity contribution in [2.24, 2.45) is 5.92 Å². The number of carbonyl (C=O) groups is 1. The number of aliphatic carboxylic acids is 1. The Kier molecular flexibility index (Phi) is 3.00. The molecule has 1 N–H and O–H groups in total. The number of nitrogens with zero attached hydrogens (tertiary/aromatic N) is 1. The van der Waals surface area contributed by atoms with E-state index in [-0.39, 0.29) is 5.92 Å². The van der Waals surface area contributed by atoms with E-state index < -0.39 is 5.97 Å². The Balaban J connectivity index is 1.89. The number of carboxylic acids is 1. The molecule has 3 aliphatic rings. The summed E-state index contributed by atoms with van der Waals surface area (Å²) < 4.78 is 5.66. The third kappa shape index (κ3) is 1.97. The highest BCUT2D eigenvalue weighted by Gasteiger charge is 2.37. The van der Waals surface area contributed by atoms with Crippen LogP contribution >= 0.6 is 0 Å². The summed E-state index contributed by atoms with van der Waals surface area (Å²) in [4.78, 5) is 13.7. The average molecular weight is 285 g/mol. The van der Waals surface area contributed by atoms with Gasteiger partial charge >= 0.3 is 5.97 Å². The second kappa shape index (κ2) is 4.88. The molecule has 4 rings (SSSR count). The van der Waals surface area contributed by atoms with Gasteiger partial charge in [0.15, 0.2) is 0 Å². The van der Waals surface area contributed by atoms with Gasteiger partial charge in [-0.25, -0.2) is 0 Å². The van der Waals surface area contributed by atoms with E-state index in [2.05, 4.69) is 29.2 Å². The molecule has 0 radical (unpaired) electrons. The molecule has 0 aliphatic carbocycles. The molecule has 0 bridgehead atoms. The van der Waals surface area contributed by atoms with Crippen LogP contribution in [0.4, 0.5) is 0 Å². The lowest BCUT2D eigenvalue weighted by Gasteiger charge is -2.45. The van der Waals surface area contributed by atoms with E-state index >= 15 is 0 Å². The van der Waals surface area contributed by atoms with Crippen molar-refractivity contribution >= 4 is 17.2 Å². The van der Waals surface area contributed by atoms with E-state index in [1.165, 1.54) is 21.7 Å². The van der Waals surface area contributed by atoms with Gasteiger partial charge in [-0.15, -0.1) is 0 Å². The van der Waals surface area contributed by atoms with Crippen LogP contribution in [0, 0.1) is 5.92 Å². The van der Waals surface area contributed by atoms with Crippen LogP contribution in [0.2, 0.25) is 0 Å². The Bertz CT molecular complexity index is 709. The zero-order chi connectivity index (χ0) is 14.4. The molecule has 110 valence electrons. The summed E-state index contributed by atoms with van der Waals surface area (Å²) in [7, 11) is 0. The molecule has 4 nitrogen and oxygen atoms in total. The number of piperidine rings is 1. The van der Waals surface area contributed by atoms with E-state index in [1.807, 2.05) is 0 Å². The SMILES string of the molecule is O=C(O)C1CCC2=c3ccccc3=C3COCCC3N2C1. The van der Waals surface area contributed by atoms with E-state index in [9.17, 15) is 9.90 Å². The normalized spacial score (nSPS) is 27.7. The average Bonchev–Trinajstić information content (AvgIpc) is 2.54. The number of hydrogen-bond acceptors (Lipinski definition) is 3. The molecule has 2 fully saturated rings. The molecule has 21 heavy (non-hydrogen) atoms. The maximum Gasteiger partial charge on any atom is 0.308 e. The fourth-order valence-electron chi connectivity index (χ4n) is 3.96. The molecular weight excluding hydrogens is 266 g/mol. The van der Waals surface area contributed by atoms with Gasteiger partial charge < -0.3 is 14.7 Å². The van der Waals surface area contributed by atoms with Crippen LogP contribution in [0.3, 0.4) is 0 Å². The Labute approximate surface area is 123 Å². The molecule has 3 aliphatic heterocycles. The number of rotatable bonds is 1. The predicted molar refractivity (Wildman–Crippen MR) is 78.8 cm³/mol. The molecule has 1 aromatic carbocycles. The topological polar surface area (TPSA) is 49.8 Å². The Morgan fingerprint density at radius 3 is 2.86 bits per heavy atom. The first-order chi connectivity index (χ1) is 10.3. The van der Waals surface area contributed by atoms with Crippen molar-refractivity contribution in [3.8, 4) is 0 Å². The molecule has 0 aromatic heterocycles. The van der Waals surface area contributed by atoms with Gasteiger partial charge in [0, 0.05) is 24.1 Å². The largest absolute Gasteiger partial charge is 0.481 e. The van der Waals surface area contributed by atoms with Gasteiger partial charge in [-0.2, -0.15) is 0 Å². The van der Waals surface area contributed by atoms with Crippen LogP contribution in [0.15, 0.2) is 24.3 Å². The summed E-state index contributed by atoms with van der Waals surface area (Å²) in [6.07, 6.45) is 2.56. The molecule has 2 saturated heterocycles. The molecule has 0 amide bonds. The summed E-state index contributed by atoms with van der Waals surface area (Å²) in [5.41, 5.74) is 2.66. The Hall–Kier alpha value is -1.81. The van der Waals surface area contributed by atoms with Crippen molar-refractivity contribution in [2.45, 2.75) is 25.3 Å². The molecule has 0 spiro atoms. The van der Waals surface area contributed by atoms with Crippen LogP contribution in [-0.4, -0.2) is 41.8 Å². The molecule has 0 saturated carbocycles. The van der Waals surface area contributed by atoms with Crippen molar-refractivity contribution < 1.29 is 14.6 Å². The van der Waals surface area contributed by atoms with Gasteiger partial charge in [0.25, 0.3) is 0 Å². The van der Waals surface area contributed by atoms with Gasteiger partial charge in [-0.1, -0.05) is 24.3 Å². The van der Waals surface area contributed by atoms with E-state index in [0.717, 1.165) is 25.9 Å². The lowest BCUT2D eigenvalue weighted by molar-refractivity contribution is -0.142. The Morgan fingerprint density at radius 2 is 2.05 bits per heavy atom. The van der Waals surface area contributed by atoms with Crippen LogP contribution in [0.1, 0.15) is 19.3 Å². The summed E-state index contributed by atoms with van der Waals surface area (Å²) in [5.74, 6) is -0.912. The van der Waals surface area contributed by atoms with Crippen LogP contribution in [-0.2, 0) is 9.53 Å². The molecule has 4 heteroatoms. The Morgan fingerprint density at radius 1 is 1.24 bits per heavy atom. The third-order valence-electron chi connectivity index (χ3n) is 5.00. The number of fused-ring (bicyclic) bond motifs is 4. The maximum absolute atomic E-state index is 11.4. The second-order valence-electron chi connectivity index (χ2n) is 6.10. The lowest BCUT2D eigenvalue weighted by atomic mass is 9.86. The van der Waals surface area contributed by atoms with E-state index in [4.69, 9.17) is 4.74 Å². The lowest BCUT2D eigenvalue weighted by Crippen LogP contribution is -2.54. The monoisotopic (exact) mass is 285 g/mol. The van der Waals surface area contributed by atoms with Crippen molar-refractivity contribution in [1.82, 2.24) is 4.90 Å². The minimum absolute atomic E-state index is 0.247. The summed E-state index contributed by atoms with van der Waals surface area (Å²) in [6, 6.07) is 8.82. The molecule has 2 unspecified atom stereocenters. The first kappa shape index (κ1) is 12.9. The van der Waals surface area contributed by atoms with Crippen molar-refractivity contribution in [1.29, 1.82) is 0 Å². The molecular formula is C17H19NO3. The standard InChI is InChI=1S/C17H19NO3/c19-17(20)11-5-6-15-13-4-2-1-3-12(13)14-10-21-8-7-16(14)18(15)9-11/h1-4,11,16H,5-10H2,(H,19,20). The van der Waals surface area contributed by atoms with Gasteiger partial charge in [0.1, 0.15) is 0 Å². The fourth-order valence-corrected chi connectivity index (χ4v) is 3.96.